The van der Waals surface area contributed by atoms with Crippen molar-refractivity contribution in [2.24, 2.45) is 5.73 Å². The molecule has 0 aliphatic heterocycles. The molecule has 0 unspecified atom stereocenters. The summed E-state index contributed by atoms with van der Waals surface area (Å²) in [5.74, 6) is 0. The Labute approximate surface area is 74.1 Å². The Morgan fingerprint density at radius 3 is 2.55 bits per heavy atom. The maximum atomic E-state index is 5.41. The summed E-state index contributed by atoms with van der Waals surface area (Å²) in [6.45, 7) is 0.840. The zero-order valence-corrected chi connectivity index (χ0v) is 8.21. The molecule has 11 heavy (non-hydrogen) atoms. The van der Waals surface area contributed by atoms with Gasteiger partial charge in [-0.2, -0.15) is 0 Å². The van der Waals surface area contributed by atoms with Crippen LogP contribution in [0.3, 0.4) is 0 Å². The molecular weight excluding hydrogens is 201 g/mol. The first kappa shape index (κ1) is 8.79. The van der Waals surface area contributed by atoms with Gasteiger partial charge in [0.05, 0.1) is 0 Å². The fraction of sp³-hybridized carbons (Fsp3) is 0.333. The van der Waals surface area contributed by atoms with Crippen LogP contribution in [-0.2, 0) is 5.32 Å². The summed E-state index contributed by atoms with van der Waals surface area (Å²) in [4.78, 5) is 0. The van der Waals surface area contributed by atoms with Crippen LogP contribution in [0.5, 0.6) is 0 Å². The van der Waals surface area contributed by atoms with Crippen molar-refractivity contribution in [3.8, 4) is 0 Å². The van der Waals surface area contributed by atoms with E-state index in [1.54, 1.807) is 0 Å². The van der Waals surface area contributed by atoms with E-state index in [1.807, 2.05) is 0 Å². The molecular formula is C9H13NSe. The summed E-state index contributed by atoms with van der Waals surface area (Å²) < 4.78 is 0. The molecule has 0 saturated heterocycles. The molecule has 2 N–H and O–H groups in total. The topological polar surface area (TPSA) is 26.0 Å². The van der Waals surface area contributed by atoms with E-state index in [0.29, 0.717) is 15.0 Å². The Hall–Kier alpha value is -0.301. The summed E-state index contributed by atoms with van der Waals surface area (Å²) in [5, 5.41) is 2.42. The van der Waals surface area contributed by atoms with Crippen molar-refractivity contribution >= 4 is 15.0 Å². The summed E-state index contributed by atoms with van der Waals surface area (Å²) in [6, 6.07) is 10.6. The summed E-state index contributed by atoms with van der Waals surface area (Å²) in [5.41, 5.74) is 6.85. The molecule has 0 atom stereocenters. The Morgan fingerprint density at radius 1 is 1.18 bits per heavy atom. The van der Waals surface area contributed by atoms with Crippen LogP contribution in [0, 0.1) is 0 Å². The monoisotopic (exact) mass is 215 g/mol. The van der Waals surface area contributed by atoms with Gasteiger partial charge in [0.1, 0.15) is 0 Å². The van der Waals surface area contributed by atoms with Crippen molar-refractivity contribution < 1.29 is 0 Å². The normalized spacial score (nSPS) is 9.91. The van der Waals surface area contributed by atoms with Gasteiger partial charge >= 0.3 is 73.8 Å². The van der Waals surface area contributed by atoms with Gasteiger partial charge in [-0.3, -0.25) is 0 Å². The van der Waals surface area contributed by atoms with Crippen LogP contribution in [0.2, 0.25) is 5.32 Å². The molecule has 0 radical (unpaired) electrons. The number of hydrogen-bond acceptors (Lipinski definition) is 1. The van der Waals surface area contributed by atoms with Crippen molar-refractivity contribution in [1.82, 2.24) is 0 Å². The zero-order chi connectivity index (χ0) is 7.94. The van der Waals surface area contributed by atoms with E-state index in [4.69, 9.17) is 5.73 Å². The summed E-state index contributed by atoms with van der Waals surface area (Å²) in [6.07, 6.45) is 0. The van der Waals surface area contributed by atoms with Gasteiger partial charge in [0.15, 0.2) is 0 Å². The predicted octanol–water partition coefficient (Wildman–Crippen LogP) is 1.27. The van der Waals surface area contributed by atoms with Gasteiger partial charge in [-0.15, -0.1) is 0 Å². The maximum absolute atomic E-state index is 5.41. The van der Waals surface area contributed by atoms with Gasteiger partial charge in [0.2, 0.25) is 0 Å². The van der Waals surface area contributed by atoms with E-state index in [9.17, 15) is 0 Å². The second-order valence-corrected chi connectivity index (χ2v) is 4.65. The number of nitrogens with two attached hydrogens (primary N) is 1. The average Bonchev–Trinajstić information content (AvgIpc) is 2.07. The molecule has 1 aromatic rings. The third-order valence-corrected chi connectivity index (χ3v) is 3.60. The van der Waals surface area contributed by atoms with Gasteiger partial charge in [0, 0.05) is 0 Å². The van der Waals surface area contributed by atoms with Crippen LogP contribution in [0.25, 0.3) is 0 Å². The second kappa shape index (κ2) is 5.36. The van der Waals surface area contributed by atoms with E-state index in [0.717, 1.165) is 6.54 Å². The van der Waals surface area contributed by atoms with E-state index in [2.05, 4.69) is 30.3 Å². The van der Waals surface area contributed by atoms with E-state index in [1.165, 1.54) is 16.2 Å². The third kappa shape index (κ3) is 3.57. The number of benzene rings is 1. The van der Waals surface area contributed by atoms with Crippen LogP contribution < -0.4 is 5.73 Å². The fourth-order valence-corrected chi connectivity index (χ4v) is 2.40. The van der Waals surface area contributed by atoms with Crippen LogP contribution in [0.4, 0.5) is 0 Å². The molecule has 0 saturated carbocycles. The SMILES string of the molecule is NCC[Se]Cc1ccccc1. The Balaban J connectivity index is 2.28. The molecule has 0 bridgehead atoms. The molecule has 2 heteroatoms. The Morgan fingerprint density at radius 2 is 1.91 bits per heavy atom. The summed E-state index contributed by atoms with van der Waals surface area (Å²) >= 11 is 0.704. The molecule has 0 fully saturated rings. The van der Waals surface area contributed by atoms with Crippen LogP contribution in [-0.4, -0.2) is 21.5 Å². The molecule has 0 aromatic heterocycles. The Bertz CT molecular complexity index is 186. The third-order valence-electron chi connectivity index (χ3n) is 1.37. The molecule has 1 nitrogen and oxygen atoms in total. The standard InChI is InChI=1S/C9H13NSe/c10-6-7-11-8-9-4-2-1-3-5-9/h1-5H,6-8,10H2. The second-order valence-electron chi connectivity index (χ2n) is 2.33. The minimum absolute atomic E-state index is 0.704. The summed E-state index contributed by atoms with van der Waals surface area (Å²) in [7, 11) is 0. The van der Waals surface area contributed by atoms with E-state index in [-0.39, 0.29) is 0 Å². The van der Waals surface area contributed by atoms with Crippen molar-refractivity contribution in [2.75, 3.05) is 6.54 Å². The molecule has 0 aliphatic rings. The predicted molar refractivity (Wildman–Crippen MR) is 49.8 cm³/mol. The zero-order valence-electron chi connectivity index (χ0n) is 6.49. The minimum atomic E-state index is 0.704. The van der Waals surface area contributed by atoms with Crippen LogP contribution >= 0.6 is 0 Å². The van der Waals surface area contributed by atoms with Crippen LogP contribution in [0.15, 0.2) is 30.3 Å². The average molecular weight is 214 g/mol. The Kier molecular flexibility index (Phi) is 4.29. The molecule has 0 amide bonds. The molecule has 1 aromatic carbocycles. The molecule has 0 spiro atoms. The van der Waals surface area contributed by atoms with Crippen molar-refractivity contribution in [2.45, 2.75) is 10.6 Å². The van der Waals surface area contributed by atoms with Crippen molar-refractivity contribution in [3.05, 3.63) is 35.9 Å². The first-order chi connectivity index (χ1) is 5.43. The molecule has 0 aliphatic carbocycles. The van der Waals surface area contributed by atoms with Gasteiger partial charge in [-0.05, 0) is 0 Å². The number of rotatable bonds is 4. The quantitative estimate of drug-likeness (QED) is 0.592. The van der Waals surface area contributed by atoms with Crippen LogP contribution in [0.1, 0.15) is 5.56 Å². The van der Waals surface area contributed by atoms with Crippen molar-refractivity contribution in [1.29, 1.82) is 0 Å². The first-order valence-corrected chi connectivity index (χ1v) is 6.17. The van der Waals surface area contributed by atoms with Crippen molar-refractivity contribution in [3.63, 3.8) is 0 Å². The molecule has 60 valence electrons. The van der Waals surface area contributed by atoms with E-state index < -0.39 is 0 Å². The van der Waals surface area contributed by atoms with E-state index >= 15 is 0 Å². The van der Waals surface area contributed by atoms with Gasteiger partial charge < -0.3 is 0 Å². The first-order valence-electron chi connectivity index (χ1n) is 3.75. The fourth-order valence-electron chi connectivity index (χ4n) is 0.848. The van der Waals surface area contributed by atoms with Gasteiger partial charge in [-0.25, -0.2) is 0 Å². The number of hydrogen-bond donors (Lipinski definition) is 1. The van der Waals surface area contributed by atoms with Gasteiger partial charge in [0.25, 0.3) is 0 Å². The van der Waals surface area contributed by atoms with Gasteiger partial charge in [-0.1, -0.05) is 0 Å². The molecule has 1 rings (SSSR count). The molecule has 0 heterocycles.